The predicted octanol–water partition coefficient (Wildman–Crippen LogP) is 4.45. The van der Waals surface area contributed by atoms with Crippen molar-refractivity contribution >= 4 is 43.5 Å². The summed E-state index contributed by atoms with van der Waals surface area (Å²) < 4.78 is 50.4. The van der Waals surface area contributed by atoms with E-state index in [-0.39, 0.29) is 35.3 Å². The highest BCUT2D eigenvalue weighted by molar-refractivity contribution is 14.1. The molecule has 160 valence electrons. The zero-order valence-corrected chi connectivity index (χ0v) is 19.9. The van der Waals surface area contributed by atoms with Crippen LogP contribution in [0.4, 0.5) is 4.39 Å². The Balaban J connectivity index is 1.63. The zero-order chi connectivity index (χ0) is 21.6. The molecule has 1 aliphatic heterocycles. The van der Waals surface area contributed by atoms with Gasteiger partial charge in [0.1, 0.15) is 20.8 Å². The molecule has 0 unspecified atom stereocenters. The number of nitrogens with zero attached hydrogens (tertiary/aromatic N) is 3. The van der Waals surface area contributed by atoms with E-state index in [2.05, 4.69) is 27.7 Å². The van der Waals surface area contributed by atoms with Gasteiger partial charge in [-0.1, -0.05) is 13.0 Å². The molecular formula is C21H23FIN3O3S. The molecule has 1 saturated heterocycles. The smallest absolute Gasteiger partial charge is 0.243 e. The van der Waals surface area contributed by atoms with Crippen molar-refractivity contribution in [1.29, 1.82) is 0 Å². The molecule has 1 aliphatic rings. The lowest BCUT2D eigenvalue weighted by molar-refractivity contribution is 0.242. The van der Waals surface area contributed by atoms with E-state index in [1.165, 1.54) is 10.4 Å². The van der Waals surface area contributed by atoms with Gasteiger partial charge in [-0.15, -0.1) is 0 Å². The molecule has 0 spiro atoms. The normalized spacial score (nSPS) is 20.3. The first kappa shape index (κ1) is 21.5. The summed E-state index contributed by atoms with van der Waals surface area (Å²) in [6.07, 6.45) is 0.0136. The van der Waals surface area contributed by atoms with Gasteiger partial charge < -0.3 is 4.74 Å². The van der Waals surface area contributed by atoms with Gasteiger partial charge in [0.05, 0.1) is 17.0 Å². The number of para-hydroxylation sites is 1. The van der Waals surface area contributed by atoms with Crippen LogP contribution in [0.3, 0.4) is 0 Å². The first-order valence-corrected chi connectivity index (χ1v) is 12.3. The van der Waals surface area contributed by atoms with Crippen molar-refractivity contribution in [2.45, 2.75) is 37.8 Å². The third-order valence-corrected chi connectivity index (χ3v) is 7.96. The third kappa shape index (κ3) is 3.82. The molecule has 0 N–H and O–H groups in total. The molecule has 4 rings (SSSR count). The number of benzene rings is 2. The summed E-state index contributed by atoms with van der Waals surface area (Å²) in [4.78, 5) is 0.220. The number of rotatable bonds is 5. The van der Waals surface area contributed by atoms with Crippen LogP contribution in [0.5, 0.6) is 5.75 Å². The van der Waals surface area contributed by atoms with Crippen LogP contribution in [0.1, 0.15) is 26.8 Å². The van der Waals surface area contributed by atoms with Gasteiger partial charge in [-0.2, -0.15) is 9.40 Å². The number of fused-ring (bicyclic) bond motifs is 1. The average molecular weight is 543 g/mol. The maximum absolute atomic E-state index is 14.6. The standard InChI is InChI=1S/C21H23FIN3O3S/c1-13(2)29-15-7-9-16(10-8-15)30(27,28)25-11-14(3)19(12-25)26-20-17(21(23)24-26)5-4-6-18(20)22/h4-10,13-14,19H,11-12H2,1-3H3/t14-,19+/m1/s1. The van der Waals surface area contributed by atoms with Gasteiger partial charge in [-0.05, 0) is 78.8 Å². The van der Waals surface area contributed by atoms with E-state index in [0.29, 0.717) is 21.5 Å². The van der Waals surface area contributed by atoms with Crippen LogP contribution < -0.4 is 4.74 Å². The Labute approximate surface area is 189 Å². The Kier molecular flexibility index (Phi) is 5.80. The molecular weight excluding hydrogens is 520 g/mol. The number of hydrogen-bond acceptors (Lipinski definition) is 4. The summed E-state index contributed by atoms with van der Waals surface area (Å²) >= 11 is 2.09. The Morgan fingerprint density at radius 2 is 1.87 bits per heavy atom. The van der Waals surface area contributed by atoms with Gasteiger partial charge in [0, 0.05) is 18.5 Å². The Bertz CT molecular complexity index is 1180. The van der Waals surface area contributed by atoms with Gasteiger partial charge in [-0.3, -0.25) is 4.68 Å². The highest BCUT2D eigenvalue weighted by Gasteiger charge is 2.39. The molecule has 0 bridgehead atoms. The van der Waals surface area contributed by atoms with E-state index in [1.54, 1.807) is 35.0 Å². The van der Waals surface area contributed by atoms with E-state index in [4.69, 9.17) is 4.74 Å². The van der Waals surface area contributed by atoms with Crippen LogP contribution in [-0.4, -0.2) is 41.7 Å². The topological polar surface area (TPSA) is 64.4 Å². The number of aromatic nitrogens is 2. The number of halogens is 2. The average Bonchev–Trinajstić information content (AvgIpc) is 3.23. The summed E-state index contributed by atoms with van der Waals surface area (Å²) in [5.74, 6) is 0.267. The fraction of sp³-hybridized carbons (Fsp3) is 0.381. The molecule has 30 heavy (non-hydrogen) atoms. The fourth-order valence-corrected chi connectivity index (χ4v) is 6.11. The quantitative estimate of drug-likeness (QED) is 0.447. The fourth-order valence-electron chi connectivity index (χ4n) is 3.89. The van der Waals surface area contributed by atoms with Gasteiger partial charge >= 0.3 is 0 Å². The predicted molar refractivity (Wildman–Crippen MR) is 122 cm³/mol. The number of hydrogen-bond donors (Lipinski definition) is 0. The highest BCUT2D eigenvalue weighted by Crippen LogP contribution is 2.35. The lowest BCUT2D eigenvalue weighted by Gasteiger charge is -2.18. The van der Waals surface area contributed by atoms with Crippen LogP contribution >= 0.6 is 22.6 Å². The third-order valence-electron chi connectivity index (χ3n) is 5.32. The summed E-state index contributed by atoms with van der Waals surface area (Å²) in [6, 6.07) is 11.1. The van der Waals surface area contributed by atoms with Crippen molar-refractivity contribution in [3.05, 3.63) is 52.0 Å². The van der Waals surface area contributed by atoms with E-state index in [9.17, 15) is 12.8 Å². The van der Waals surface area contributed by atoms with Crippen molar-refractivity contribution in [3.8, 4) is 5.75 Å². The maximum atomic E-state index is 14.6. The van der Waals surface area contributed by atoms with Crippen molar-refractivity contribution < 1.29 is 17.5 Å². The van der Waals surface area contributed by atoms with Gasteiger partial charge in [0.25, 0.3) is 0 Å². The molecule has 0 radical (unpaired) electrons. The van der Waals surface area contributed by atoms with Crippen molar-refractivity contribution in [3.63, 3.8) is 0 Å². The molecule has 1 aromatic heterocycles. The van der Waals surface area contributed by atoms with Crippen molar-refractivity contribution in [2.24, 2.45) is 5.92 Å². The van der Waals surface area contributed by atoms with E-state index < -0.39 is 10.0 Å². The molecule has 2 aromatic carbocycles. The highest BCUT2D eigenvalue weighted by atomic mass is 127. The molecule has 0 amide bonds. The van der Waals surface area contributed by atoms with Crippen LogP contribution in [0.25, 0.3) is 10.9 Å². The molecule has 6 nitrogen and oxygen atoms in total. The van der Waals surface area contributed by atoms with Crippen LogP contribution in [0.15, 0.2) is 47.4 Å². The summed E-state index contributed by atoms with van der Waals surface area (Å²) in [5, 5.41) is 5.28. The number of ether oxygens (including phenoxy) is 1. The molecule has 3 aromatic rings. The van der Waals surface area contributed by atoms with E-state index in [1.807, 2.05) is 26.8 Å². The second kappa shape index (κ2) is 8.08. The van der Waals surface area contributed by atoms with E-state index >= 15 is 0 Å². The molecule has 0 aliphatic carbocycles. The second-order valence-corrected chi connectivity index (χ2v) is 10.8. The first-order valence-electron chi connectivity index (χ1n) is 9.77. The second-order valence-electron chi connectivity index (χ2n) is 7.88. The van der Waals surface area contributed by atoms with E-state index in [0.717, 1.165) is 5.39 Å². The van der Waals surface area contributed by atoms with Crippen LogP contribution in [-0.2, 0) is 10.0 Å². The Hall–Kier alpha value is -1.72. The lowest BCUT2D eigenvalue weighted by atomic mass is 10.1. The lowest BCUT2D eigenvalue weighted by Crippen LogP contribution is -2.29. The minimum atomic E-state index is -3.67. The maximum Gasteiger partial charge on any atom is 0.243 e. The summed E-state index contributed by atoms with van der Waals surface area (Å²) in [5.41, 5.74) is 0.424. The summed E-state index contributed by atoms with van der Waals surface area (Å²) in [6.45, 7) is 6.40. The van der Waals surface area contributed by atoms with Crippen molar-refractivity contribution in [2.75, 3.05) is 13.1 Å². The Morgan fingerprint density at radius 1 is 1.17 bits per heavy atom. The van der Waals surface area contributed by atoms with Crippen LogP contribution in [0, 0.1) is 15.4 Å². The minimum absolute atomic E-state index is 0.0122. The molecule has 2 atom stereocenters. The monoisotopic (exact) mass is 543 g/mol. The van der Waals surface area contributed by atoms with Gasteiger partial charge in [0.15, 0.2) is 0 Å². The molecule has 1 fully saturated rings. The summed E-state index contributed by atoms with van der Waals surface area (Å²) in [7, 11) is -3.67. The molecule has 9 heteroatoms. The molecule has 0 saturated carbocycles. The van der Waals surface area contributed by atoms with Gasteiger partial charge in [0.2, 0.25) is 10.0 Å². The van der Waals surface area contributed by atoms with Crippen molar-refractivity contribution in [1.82, 2.24) is 14.1 Å². The Morgan fingerprint density at radius 3 is 2.53 bits per heavy atom. The minimum Gasteiger partial charge on any atom is -0.491 e. The number of sulfonamides is 1. The SMILES string of the molecule is CC(C)Oc1ccc(S(=O)(=O)N2C[C@@H](C)[C@@H](n3nc(I)c4cccc(F)c43)C2)cc1. The van der Waals surface area contributed by atoms with Gasteiger partial charge in [-0.25, -0.2) is 12.8 Å². The largest absolute Gasteiger partial charge is 0.491 e. The first-order chi connectivity index (χ1) is 14.2. The zero-order valence-electron chi connectivity index (χ0n) is 16.9. The van der Waals surface area contributed by atoms with Crippen LogP contribution in [0.2, 0.25) is 0 Å². The molecule has 2 heterocycles.